The lowest BCUT2D eigenvalue weighted by Crippen LogP contribution is -2.24. The smallest absolute Gasteiger partial charge is 0.311 e. The second kappa shape index (κ2) is 26.4. The fraction of sp³-hybridized carbons (Fsp3) is 0.895. The standard InChI is InChI=1S/2C5H11N.C4H9N.2C2H6N2O.CH5N.2H2/c2*1-6-4-2-3-5-6;1-2-4-5-3-1;2*1-4-2(3)5;1-2;;/h2*2-5H2,1H3;5H,1-4H2;2*1H3,(H3,3,4,5);2H2,1H3;2*1H/i;;;;;;2*1+2T/hT2. The van der Waals surface area contributed by atoms with Crippen LogP contribution in [-0.2, 0) is 0 Å². The van der Waals surface area contributed by atoms with Gasteiger partial charge in [0.05, 0.1) is 0 Å². The van der Waals surface area contributed by atoms with Crippen LogP contribution in [0.25, 0.3) is 0 Å². The predicted octanol–water partition coefficient (Wildman–Crippen LogP) is 0.430. The first kappa shape index (κ1) is 23.7. The Morgan fingerprint density at radius 2 is 1.14 bits per heavy atom. The van der Waals surface area contributed by atoms with Crippen LogP contribution in [0.15, 0.2) is 0 Å². The zero-order valence-corrected chi connectivity index (χ0v) is 19.3. The molecule has 0 spiro atoms. The normalized spacial score (nSPS) is 18.4. The third-order valence-electron chi connectivity index (χ3n) is 4.07. The summed E-state index contributed by atoms with van der Waals surface area (Å²) in [5.41, 5.74) is 7.73. The van der Waals surface area contributed by atoms with Crippen molar-refractivity contribution in [2.75, 3.05) is 74.5 Å². The number of hydrogen-bond acceptors (Lipinski definition) is 6. The molecule has 3 heterocycles. The zero-order chi connectivity index (χ0) is 28.3. The molecule has 3 saturated heterocycles. The molecule has 0 bridgehead atoms. The van der Waals surface area contributed by atoms with Crippen molar-refractivity contribution in [2.45, 2.75) is 38.5 Å². The maximum absolute atomic E-state index is 9.77. The van der Waals surface area contributed by atoms with E-state index in [-0.39, 0.29) is 0 Å². The SMILES string of the molecule is C1CCNC1.CN.CN1CCCC1.CN1CCCC1.[3H]NC(=O)NC.[3H]NC(=O)NC.[3H][3H].[3H][3H]. The van der Waals surface area contributed by atoms with E-state index < -0.39 is 12.1 Å². The molecule has 0 radical (unpaired) electrons. The fourth-order valence-corrected chi connectivity index (χ4v) is 2.38. The summed E-state index contributed by atoms with van der Waals surface area (Å²) in [6.07, 6.45) is 8.43. The van der Waals surface area contributed by atoms with Crippen LogP contribution in [0.3, 0.4) is 0 Å². The Labute approximate surface area is 187 Å². The number of nitrogens with zero attached hydrogens (tertiary/aromatic N) is 2. The lowest BCUT2D eigenvalue weighted by atomic mass is 10.4. The van der Waals surface area contributed by atoms with E-state index in [0.29, 0.717) is 0 Å². The molecule has 3 aliphatic heterocycles. The average molecular weight is 437 g/mol. The molecule has 3 rings (SSSR count). The van der Waals surface area contributed by atoms with Crippen LogP contribution in [0.1, 0.15) is 44.5 Å². The van der Waals surface area contributed by atoms with Crippen molar-refractivity contribution < 1.29 is 18.4 Å². The van der Waals surface area contributed by atoms with Gasteiger partial charge in [0.15, 0.2) is 2.82 Å². The molecule has 0 aromatic heterocycles. The van der Waals surface area contributed by atoms with Crippen LogP contribution < -0.4 is 33.1 Å². The topological polar surface area (TPSA) is 155 Å². The molecule has 0 aromatic carbocycles. The van der Waals surface area contributed by atoms with E-state index in [1.165, 1.54) is 98.9 Å². The van der Waals surface area contributed by atoms with Crippen molar-refractivity contribution in [1.82, 2.24) is 25.8 Å². The number of hydrogen-bond donors (Lipinski definition) is 6. The highest BCUT2D eigenvalue weighted by Crippen LogP contribution is 2.02. The van der Waals surface area contributed by atoms with Gasteiger partial charge in [-0.2, -0.15) is 0 Å². The number of carbonyl (C=O) groups excluding carboxylic acids is 2. The van der Waals surface area contributed by atoms with Crippen molar-refractivity contribution in [3.8, 4) is 0 Å². The number of nitrogens with two attached hydrogens (primary N) is 3. The van der Waals surface area contributed by atoms with Crippen LogP contribution in [0.4, 0.5) is 9.59 Å². The van der Waals surface area contributed by atoms with Gasteiger partial charge in [-0.3, -0.25) is 0 Å². The summed E-state index contributed by atoms with van der Waals surface area (Å²) in [6, 6.07) is -0.981. The Bertz CT molecular complexity index is 343. The highest BCUT2D eigenvalue weighted by molar-refractivity contribution is 5.71. The number of likely N-dealkylation sites (tertiary alicyclic amines) is 2. The van der Waals surface area contributed by atoms with Crippen molar-refractivity contribution in [1.29, 1.82) is 0 Å². The van der Waals surface area contributed by atoms with Crippen molar-refractivity contribution in [3.63, 3.8) is 0 Å². The molecular formula is C19H52N8O2. The molecule has 0 atom stereocenters. The lowest BCUT2D eigenvalue weighted by Gasteiger charge is -2.01. The molecule has 0 aliphatic carbocycles. The first-order valence-electron chi connectivity index (χ1n) is 13.4. The molecule has 3 aliphatic rings. The first-order valence-corrected chi connectivity index (χ1v) is 10.4. The van der Waals surface area contributed by atoms with Gasteiger partial charge in [-0.25, -0.2) is 9.59 Å². The minimum absolute atomic E-state index is 0.491. The van der Waals surface area contributed by atoms with Gasteiger partial charge < -0.3 is 42.9 Å². The van der Waals surface area contributed by atoms with E-state index in [4.69, 9.17) is 8.76 Å². The monoisotopic (exact) mass is 436 g/mol. The summed E-state index contributed by atoms with van der Waals surface area (Å²) in [5.74, 6) is 0. The van der Waals surface area contributed by atoms with Gasteiger partial charge in [0.2, 0.25) is 0 Å². The van der Waals surface area contributed by atoms with Crippen molar-refractivity contribution >= 4 is 12.1 Å². The summed E-state index contributed by atoms with van der Waals surface area (Å²) in [7, 11) is 8.74. The van der Waals surface area contributed by atoms with Crippen LogP contribution in [-0.4, -0.2) is 96.4 Å². The summed E-state index contributed by atoms with van der Waals surface area (Å²) in [6.45, 7) is 7.78. The van der Waals surface area contributed by atoms with E-state index in [9.17, 15) is 9.59 Å². The Hall–Kier alpha value is -1.62. The summed E-state index contributed by atoms with van der Waals surface area (Å²) in [4.78, 5) is 24.3. The van der Waals surface area contributed by atoms with Gasteiger partial charge in [0, 0.05) is 20.0 Å². The number of urea groups is 2. The maximum Gasteiger partial charge on any atom is 0.311 e. The van der Waals surface area contributed by atoms with Crippen LogP contribution in [0.2, 0.25) is 2.82 Å². The Balaban J connectivity index is -0.000000102. The van der Waals surface area contributed by atoms with Gasteiger partial charge in [-0.05, 0) is 98.9 Å². The van der Waals surface area contributed by atoms with Gasteiger partial charge in [0.1, 0.15) is 0 Å². The Morgan fingerprint density at radius 3 is 1.21 bits per heavy atom. The minimum Gasteiger partial charge on any atom is -0.352 e. The highest BCUT2D eigenvalue weighted by Gasteiger charge is 2.03. The van der Waals surface area contributed by atoms with Crippen molar-refractivity contribution in [2.24, 2.45) is 17.2 Å². The number of amides is 4. The molecule has 0 aromatic rings. The van der Waals surface area contributed by atoms with Gasteiger partial charge in [-0.1, -0.05) is 0 Å². The number of carbonyl (C=O) groups is 2. The van der Waals surface area contributed by atoms with E-state index in [1.807, 2.05) is 0 Å². The largest absolute Gasteiger partial charge is 0.352 e. The van der Waals surface area contributed by atoms with Gasteiger partial charge in [-0.15, -0.1) is 0 Å². The molecule has 180 valence electrons. The highest BCUT2D eigenvalue weighted by atomic mass is 16.2. The van der Waals surface area contributed by atoms with E-state index in [1.54, 1.807) is 11.5 Å². The molecule has 9 N–H and O–H groups in total. The van der Waals surface area contributed by atoms with Gasteiger partial charge >= 0.3 is 12.1 Å². The number of rotatable bonds is 0. The maximum atomic E-state index is 9.77. The summed E-state index contributed by atoms with van der Waals surface area (Å²) in [5, 5.41) is 7.58. The van der Waals surface area contributed by atoms with Crippen LogP contribution in [0, 0.1) is 0 Å². The summed E-state index contributed by atoms with van der Waals surface area (Å²) >= 11 is 0. The van der Waals surface area contributed by atoms with E-state index in [0.717, 1.165) is 0 Å². The Kier molecular flexibility index (Phi) is 21.5. The molecule has 4 amide bonds. The first-order chi connectivity index (χ1) is 16.9. The lowest BCUT2D eigenvalue weighted by molar-refractivity contribution is 0.250. The van der Waals surface area contributed by atoms with Gasteiger partial charge in [0.25, 0.3) is 0 Å². The predicted molar refractivity (Wildman–Crippen MR) is 127 cm³/mol. The van der Waals surface area contributed by atoms with Crippen LogP contribution >= 0.6 is 0 Å². The quantitative estimate of drug-likeness (QED) is 0.323. The molecule has 29 heavy (non-hydrogen) atoms. The Morgan fingerprint density at radius 1 is 0.828 bits per heavy atom. The number of nitrogens with one attached hydrogen (secondary N) is 3. The molecule has 10 nitrogen and oxygen atoms in total. The fourth-order valence-electron chi connectivity index (χ4n) is 2.38. The third kappa shape index (κ3) is 34.3. The molecule has 10 heteroatoms. The van der Waals surface area contributed by atoms with Crippen LogP contribution in [0.5, 0.6) is 0 Å². The second-order valence-corrected chi connectivity index (χ2v) is 6.64. The number of primary amides is 2. The molecular weight excluding hydrogens is 372 g/mol. The molecule has 0 saturated carbocycles. The second-order valence-electron chi connectivity index (χ2n) is 6.64. The van der Waals surface area contributed by atoms with E-state index in [2.05, 4.69) is 45.6 Å². The average Bonchev–Trinajstić information content (AvgIpc) is 3.74. The third-order valence-corrected chi connectivity index (χ3v) is 4.07. The minimum atomic E-state index is -0.491. The molecule has 0 unspecified atom stereocenters. The van der Waals surface area contributed by atoms with E-state index >= 15 is 0 Å². The zero-order valence-electron chi connectivity index (χ0n) is 25.3. The van der Waals surface area contributed by atoms with Crippen molar-refractivity contribution in [3.05, 3.63) is 0 Å². The molecule has 3 fully saturated rings. The summed E-state index contributed by atoms with van der Waals surface area (Å²) < 4.78 is 32.3.